The van der Waals surface area contributed by atoms with Crippen molar-refractivity contribution in [3.63, 3.8) is 0 Å². The summed E-state index contributed by atoms with van der Waals surface area (Å²) in [5.41, 5.74) is 3.54. The van der Waals surface area contributed by atoms with Crippen molar-refractivity contribution in [1.82, 2.24) is 9.88 Å². The molecule has 1 aromatic heterocycles. The fraction of sp³-hybridized carbons (Fsp3) is 0.286. The highest BCUT2D eigenvalue weighted by Crippen LogP contribution is 2.40. The Bertz CT molecular complexity index is 757. The molecule has 0 radical (unpaired) electrons. The zero-order chi connectivity index (χ0) is 17.1. The van der Waals surface area contributed by atoms with Crippen molar-refractivity contribution >= 4 is 16.5 Å². The third-order valence-corrected chi connectivity index (χ3v) is 5.85. The van der Waals surface area contributed by atoms with Crippen molar-refractivity contribution in [3.05, 3.63) is 60.7 Å². The molecular weight excluding hydrogens is 326 g/mol. The van der Waals surface area contributed by atoms with Gasteiger partial charge in [-0.05, 0) is 25.6 Å². The summed E-state index contributed by atoms with van der Waals surface area (Å²) >= 11 is 1.82. The van der Waals surface area contributed by atoms with Crippen LogP contribution >= 0.6 is 11.3 Å². The van der Waals surface area contributed by atoms with Gasteiger partial charge in [0.15, 0.2) is 5.13 Å². The Kier molecular flexibility index (Phi) is 4.81. The predicted molar refractivity (Wildman–Crippen MR) is 107 cm³/mol. The summed E-state index contributed by atoms with van der Waals surface area (Å²) in [6.07, 6.45) is 1.19. The summed E-state index contributed by atoms with van der Waals surface area (Å²) in [5, 5.41) is 1.15. The lowest BCUT2D eigenvalue weighted by atomic mass is 10.1. The second kappa shape index (κ2) is 7.38. The lowest BCUT2D eigenvalue weighted by Crippen LogP contribution is -2.28. The second-order valence-electron chi connectivity index (χ2n) is 6.55. The molecule has 0 bridgehead atoms. The van der Waals surface area contributed by atoms with Crippen molar-refractivity contribution in [3.8, 4) is 21.7 Å². The summed E-state index contributed by atoms with van der Waals surface area (Å²) in [7, 11) is 2.20. The number of nitrogens with zero attached hydrogens (tertiary/aromatic N) is 3. The zero-order valence-corrected chi connectivity index (χ0v) is 15.4. The minimum atomic E-state index is 1.05. The van der Waals surface area contributed by atoms with Gasteiger partial charge in [-0.25, -0.2) is 4.98 Å². The maximum absolute atomic E-state index is 5.07. The van der Waals surface area contributed by atoms with Crippen molar-refractivity contribution in [1.29, 1.82) is 0 Å². The fourth-order valence-electron chi connectivity index (χ4n) is 3.26. The molecule has 1 saturated heterocycles. The summed E-state index contributed by atoms with van der Waals surface area (Å²) in [4.78, 5) is 11.2. The molecule has 0 saturated carbocycles. The van der Waals surface area contributed by atoms with Crippen LogP contribution in [0.25, 0.3) is 21.7 Å². The van der Waals surface area contributed by atoms with E-state index < -0.39 is 0 Å². The average Bonchev–Trinajstić information content (AvgIpc) is 3.00. The number of thiazole rings is 1. The van der Waals surface area contributed by atoms with Gasteiger partial charge in [-0.2, -0.15) is 0 Å². The van der Waals surface area contributed by atoms with Crippen LogP contribution in [0.3, 0.4) is 0 Å². The molecule has 3 nitrogen and oxygen atoms in total. The molecule has 0 aliphatic carbocycles. The topological polar surface area (TPSA) is 19.4 Å². The summed E-state index contributed by atoms with van der Waals surface area (Å²) in [5.74, 6) is 0. The third-order valence-electron chi connectivity index (χ3n) is 4.69. The van der Waals surface area contributed by atoms with E-state index in [1.54, 1.807) is 0 Å². The molecule has 1 fully saturated rings. The highest BCUT2D eigenvalue weighted by atomic mass is 32.1. The molecule has 1 aliphatic rings. The first-order valence-corrected chi connectivity index (χ1v) is 9.68. The fourth-order valence-corrected chi connectivity index (χ4v) is 4.40. The van der Waals surface area contributed by atoms with Gasteiger partial charge in [0.05, 0.1) is 10.6 Å². The van der Waals surface area contributed by atoms with E-state index in [1.165, 1.54) is 29.0 Å². The average molecular weight is 350 g/mol. The first-order valence-electron chi connectivity index (χ1n) is 8.86. The number of likely N-dealkylation sites (N-methyl/N-ethyl adjacent to an activating group) is 1. The van der Waals surface area contributed by atoms with Gasteiger partial charge < -0.3 is 9.80 Å². The monoisotopic (exact) mass is 349 g/mol. The van der Waals surface area contributed by atoms with Gasteiger partial charge in [0.1, 0.15) is 0 Å². The van der Waals surface area contributed by atoms with Gasteiger partial charge in [0.25, 0.3) is 0 Å². The molecular formula is C21H23N3S. The minimum absolute atomic E-state index is 1.05. The largest absolute Gasteiger partial charge is 0.347 e. The van der Waals surface area contributed by atoms with E-state index >= 15 is 0 Å². The number of benzene rings is 2. The molecule has 0 N–H and O–H groups in total. The number of rotatable bonds is 3. The molecule has 4 rings (SSSR count). The maximum Gasteiger partial charge on any atom is 0.186 e. The van der Waals surface area contributed by atoms with Crippen LogP contribution in [0.5, 0.6) is 0 Å². The van der Waals surface area contributed by atoms with E-state index in [4.69, 9.17) is 4.98 Å². The molecule has 3 aromatic rings. The van der Waals surface area contributed by atoms with Crippen molar-refractivity contribution in [2.75, 3.05) is 38.1 Å². The number of anilines is 1. The van der Waals surface area contributed by atoms with E-state index in [1.807, 2.05) is 11.3 Å². The Morgan fingerprint density at radius 2 is 1.48 bits per heavy atom. The Balaban J connectivity index is 1.76. The van der Waals surface area contributed by atoms with Gasteiger partial charge >= 0.3 is 0 Å². The predicted octanol–water partition coefficient (Wildman–Crippen LogP) is 4.62. The lowest BCUT2D eigenvalue weighted by Gasteiger charge is -2.19. The highest BCUT2D eigenvalue weighted by molar-refractivity contribution is 7.19. The molecule has 1 aliphatic heterocycles. The maximum atomic E-state index is 5.07. The molecule has 25 heavy (non-hydrogen) atoms. The van der Waals surface area contributed by atoms with Crippen LogP contribution in [0.15, 0.2) is 60.7 Å². The SMILES string of the molecule is CN1CCCN(c2nc(-c3ccccc3)c(-c3ccccc3)s2)CC1. The van der Waals surface area contributed by atoms with Gasteiger partial charge in [-0.15, -0.1) is 0 Å². The summed E-state index contributed by atoms with van der Waals surface area (Å²) in [6, 6.07) is 21.2. The molecule has 128 valence electrons. The Labute approximate surface area is 153 Å². The van der Waals surface area contributed by atoms with Gasteiger partial charge in [-0.1, -0.05) is 72.0 Å². The van der Waals surface area contributed by atoms with Gasteiger partial charge in [0.2, 0.25) is 0 Å². The van der Waals surface area contributed by atoms with Crippen LogP contribution in [0.2, 0.25) is 0 Å². The Hall–Kier alpha value is -2.17. The number of aromatic nitrogens is 1. The first-order chi connectivity index (χ1) is 12.3. The first kappa shape index (κ1) is 16.3. The normalized spacial score (nSPS) is 16.0. The molecule has 0 amide bonds. The van der Waals surface area contributed by atoms with Gasteiger partial charge in [-0.3, -0.25) is 0 Å². The Morgan fingerprint density at radius 3 is 2.20 bits per heavy atom. The minimum Gasteiger partial charge on any atom is -0.347 e. The Morgan fingerprint density at radius 1 is 0.800 bits per heavy atom. The number of hydrogen-bond donors (Lipinski definition) is 0. The van der Waals surface area contributed by atoms with E-state index in [-0.39, 0.29) is 0 Å². The van der Waals surface area contributed by atoms with Crippen LogP contribution in [0.4, 0.5) is 5.13 Å². The van der Waals surface area contributed by atoms with E-state index in [9.17, 15) is 0 Å². The zero-order valence-electron chi connectivity index (χ0n) is 14.6. The van der Waals surface area contributed by atoms with E-state index in [0.717, 1.165) is 30.5 Å². The quantitative estimate of drug-likeness (QED) is 0.688. The van der Waals surface area contributed by atoms with Crippen LogP contribution in [-0.2, 0) is 0 Å². The highest BCUT2D eigenvalue weighted by Gasteiger charge is 2.20. The smallest absolute Gasteiger partial charge is 0.186 e. The molecule has 0 atom stereocenters. The van der Waals surface area contributed by atoms with Crippen molar-refractivity contribution < 1.29 is 0 Å². The van der Waals surface area contributed by atoms with Gasteiger partial charge in [0, 0.05) is 25.2 Å². The molecule has 4 heteroatoms. The van der Waals surface area contributed by atoms with Crippen LogP contribution in [-0.4, -0.2) is 43.1 Å². The number of hydrogen-bond acceptors (Lipinski definition) is 4. The second-order valence-corrected chi connectivity index (χ2v) is 7.53. The molecule has 0 unspecified atom stereocenters. The molecule has 0 spiro atoms. The van der Waals surface area contributed by atoms with E-state index in [0.29, 0.717) is 0 Å². The third kappa shape index (κ3) is 3.60. The summed E-state index contributed by atoms with van der Waals surface area (Å²) < 4.78 is 0. The van der Waals surface area contributed by atoms with E-state index in [2.05, 4.69) is 77.5 Å². The van der Waals surface area contributed by atoms with Crippen LogP contribution < -0.4 is 4.90 Å². The molecule has 2 aromatic carbocycles. The van der Waals surface area contributed by atoms with Crippen molar-refractivity contribution in [2.45, 2.75) is 6.42 Å². The molecule has 2 heterocycles. The van der Waals surface area contributed by atoms with Crippen molar-refractivity contribution in [2.24, 2.45) is 0 Å². The summed E-state index contributed by atoms with van der Waals surface area (Å²) in [6.45, 7) is 4.40. The van der Waals surface area contributed by atoms with Crippen LogP contribution in [0.1, 0.15) is 6.42 Å². The standard InChI is InChI=1S/C21H23N3S/c1-23-13-8-14-24(16-15-23)21-22-19(17-9-4-2-5-10-17)20(25-21)18-11-6-3-7-12-18/h2-7,9-12H,8,13-16H2,1H3. The lowest BCUT2D eigenvalue weighted by molar-refractivity contribution is 0.360. The van der Waals surface area contributed by atoms with Crippen LogP contribution in [0, 0.1) is 0 Å².